The molecular weight excluding hydrogens is 236 g/mol. The SMILES string of the molecule is COc1cc2c(=O)oc(C)c(C(=O)O)c2cc1C. The summed E-state index contributed by atoms with van der Waals surface area (Å²) in [4.78, 5) is 23.0. The highest BCUT2D eigenvalue weighted by atomic mass is 16.5. The molecule has 0 spiro atoms. The maximum absolute atomic E-state index is 11.7. The van der Waals surface area contributed by atoms with Gasteiger partial charge in [0, 0.05) is 5.39 Å². The predicted molar refractivity (Wildman–Crippen MR) is 65.5 cm³/mol. The van der Waals surface area contributed by atoms with Gasteiger partial charge in [0.2, 0.25) is 0 Å². The summed E-state index contributed by atoms with van der Waals surface area (Å²) >= 11 is 0. The summed E-state index contributed by atoms with van der Waals surface area (Å²) in [6.07, 6.45) is 0. The van der Waals surface area contributed by atoms with E-state index in [9.17, 15) is 14.7 Å². The van der Waals surface area contributed by atoms with Crippen molar-refractivity contribution in [3.05, 3.63) is 39.4 Å². The lowest BCUT2D eigenvalue weighted by Crippen LogP contribution is -2.09. The van der Waals surface area contributed by atoms with Gasteiger partial charge in [0.25, 0.3) is 0 Å². The number of carboxylic acids is 1. The van der Waals surface area contributed by atoms with Crippen LogP contribution in [0.1, 0.15) is 21.7 Å². The number of aromatic carboxylic acids is 1. The van der Waals surface area contributed by atoms with E-state index >= 15 is 0 Å². The van der Waals surface area contributed by atoms with E-state index in [1.54, 1.807) is 13.0 Å². The highest BCUT2D eigenvalue weighted by molar-refractivity contribution is 6.04. The van der Waals surface area contributed by atoms with E-state index in [1.165, 1.54) is 20.1 Å². The Hall–Kier alpha value is -2.30. The van der Waals surface area contributed by atoms with Crippen molar-refractivity contribution in [1.82, 2.24) is 0 Å². The Labute approximate surface area is 103 Å². The third kappa shape index (κ3) is 1.73. The minimum absolute atomic E-state index is 0.00959. The van der Waals surface area contributed by atoms with E-state index in [2.05, 4.69) is 0 Å². The van der Waals surface area contributed by atoms with Gasteiger partial charge in [-0.05, 0) is 31.5 Å². The van der Waals surface area contributed by atoms with Gasteiger partial charge < -0.3 is 14.3 Å². The highest BCUT2D eigenvalue weighted by Crippen LogP contribution is 2.27. The fourth-order valence-electron chi connectivity index (χ4n) is 1.98. The van der Waals surface area contributed by atoms with Gasteiger partial charge in [-0.15, -0.1) is 0 Å². The molecule has 94 valence electrons. The second-order valence-electron chi connectivity index (χ2n) is 3.99. The van der Waals surface area contributed by atoms with Crippen LogP contribution in [0.15, 0.2) is 21.3 Å². The van der Waals surface area contributed by atoms with E-state index < -0.39 is 11.6 Å². The topological polar surface area (TPSA) is 76.7 Å². The van der Waals surface area contributed by atoms with Crippen LogP contribution >= 0.6 is 0 Å². The molecule has 0 aliphatic carbocycles. The molecule has 2 aromatic rings. The summed E-state index contributed by atoms with van der Waals surface area (Å²) in [6, 6.07) is 3.13. The predicted octanol–water partition coefficient (Wildman–Crippen LogP) is 2.12. The van der Waals surface area contributed by atoms with Gasteiger partial charge in [0.05, 0.1) is 12.5 Å². The summed E-state index contributed by atoms with van der Waals surface area (Å²) in [5, 5.41) is 9.76. The van der Waals surface area contributed by atoms with E-state index in [0.29, 0.717) is 11.1 Å². The average molecular weight is 248 g/mol. The zero-order chi connectivity index (χ0) is 13.4. The zero-order valence-electron chi connectivity index (χ0n) is 10.2. The molecule has 2 rings (SSSR count). The second-order valence-corrected chi connectivity index (χ2v) is 3.99. The van der Waals surface area contributed by atoms with Crippen LogP contribution in [0.4, 0.5) is 0 Å². The number of hydrogen-bond acceptors (Lipinski definition) is 4. The minimum atomic E-state index is -1.12. The summed E-state index contributed by atoms with van der Waals surface area (Å²) in [7, 11) is 1.49. The number of hydrogen-bond donors (Lipinski definition) is 1. The van der Waals surface area contributed by atoms with Crippen molar-refractivity contribution in [2.45, 2.75) is 13.8 Å². The molecule has 0 saturated heterocycles. The van der Waals surface area contributed by atoms with Crippen molar-refractivity contribution < 1.29 is 19.1 Å². The lowest BCUT2D eigenvalue weighted by atomic mass is 10.0. The van der Waals surface area contributed by atoms with Crippen molar-refractivity contribution >= 4 is 16.7 Å². The van der Waals surface area contributed by atoms with Gasteiger partial charge in [-0.25, -0.2) is 9.59 Å². The molecule has 1 aromatic heterocycles. The second kappa shape index (κ2) is 4.18. The molecule has 0 atom stereocenters. The summed E-state index contributed by atoms with van der Waals surface area (Å²) in [5.74, 6) is -0.495. The van der Waals surface area contributed by atoms with Crippen molar-refractivity contribution in [1.29, 1.82) is 0 Å². The van der Waals surface area contributed by atoms with E-state index in [1.807, 2.05) is 0 Å². The van der Waals surface area contributed by atoms with Gasteiger partial charge in [-0.3, -0.25) is 0 Å². The lowest BCUT2D eigenvalue weighted by Gasteiger charge is -2.09. The molecule has 5 heteroatoms. The average Bonchev–Trinajstić information content (AvgIpc) is 2.27. The molecule has 0 radical (unpaired) electrons. The number of benzene rings is 1. The maximum atomic E-state index is 11.7. The molecule has 1 aromatic carbocycles. The number of carboxylic acid groups (broad SMARTS) is 1. The number of aryl methyl sites for hydroxylation is 2. The Bertz CT molecular complexity index is 697. The maximum Gasteiger partial charge on any atom is 0.343 e. The standard InChI is InChI=1S/C13H12O5/c1-6-4-8-9(5-10(6)17-3)13(16)18-7(2)11(8)12(14)15/h4-5H,1-3H3,(H,14,15). The minimum Gasteiger partial charge on any atom is -0.496 e. The van der Waals surface area contributed by atoms with E-state index in [-0.39, 0.29) is 16.7 Å². The molecule has 0 aliphatic heterocycles. The van der Waals surface area contributed by atoms with Gasteiger partial charge in [0.1, 0.15) is 17.1 Å². The third-order valence-corrected chi connectivity index (χ3v) is 2.84. The molecule has 0 aliphatic rings. The smallest absolute Gasteiger partial charge is 0.343 e. The molecule has 1 N–H and O–H groups in total. The van der Waals surface area contributed by atoms with Gasteiger partial charge in [-0.1, -0.05) is 0 Å². The van der Waals surface area contributed by atoms with Crippen LogP contribution in [0, 0.1) is 13.8 Å². The number of rotatable bonds is 2. The Morgan fingerprint density at radius 3 is 2.50 bits per heavy atom. The molecule has 0 unspecified atom stereocenters. The number of methoxy groups -OCH3 is 1. The Morgan fingerprint density at radius 2 is 1.94 bits per heavy atom. The van der Waals surface area contributed by atoms with Crippen molar-refractivity contribution in [3.8, 4) is 5.75 Å². The summed E-state index contributed by atoms with van der Waals surface area (Å²) in [5.41, 5.74) is 0.207. The van der Waals surface area contributed by atoms with Gasteiger partial charge in [-0.2, -0.15) is 0 Å². The molecule has 0 bridgehead atoms. The number of fused-ring (bicyclic) bond motifs is 1. The quantitative estimate of drug-likeness (QED) is 0.880. The Balaban J connectivity index is 3.00. The Morgan fingerprint density at radius 1 is 1.28 bits per heavy atom. The van der Waals surface area contributed by atoms with E-state index in [0.717, 1.165) is 5.56 Å². The summed E-state index contributed by atoms with van der Waals surface area (Å²) in [6.45, 7) is 3.25. The van der Waals surface area contributed by atoms with E-state index in [4.69, 9.17) is 9.15 Å². The van der Waals surface area contributed by atoms with Crippen LogP contribution in [0.25, 0.3) is 10.8 Å². The third-order valence-electron chi connectivity index (χ3n) is 2.84. The largest absolute Gasteiger partial charge is 0.496 e. The molecule has 18 heavy (non-hydrogen) atoms. The fraction of sp³-hybridized carbons (Fsp3) is 0.231. The number of ether oxygens (including phenoxy) is 1. The monoisotopic (exact) mass is 248 g/mol. The molecule has 5 nitrogen and oxygen atoms in total. The lowest BCUT2D eigenvalue weighted by molar-refractivity contribution is 0.0695. The van der Waals surface area contributed by atoms with Gasteiger partial charge >= 0.3 is 11.6 Å². The first-order chi connectivity index (χ1) is 8.45. The van der Waals surface area contributed by atoms with Crippen molar-refractivity contribution in [2.75, 3.05) is 7.11 Å². The normalized spacial score (nSPS) is 10.6. The number of carbonyl (C=O) groups is 1. The molecule has 0 amide bonds. The van der Waals surface area contributed by atoms with Crippen LogP contribution in [0.3, 0.4) is 0 Å². The molecule has 0 saturated carbocycles. The molecular formula is C13H12O5. The summed E-state index contributed by atoms with van der Waals surface area (Å²) < 4.78 is 10.0. The van der Waals surface area contributed by atoms with Crippen molar-refractivity contribution in [3.63, 3.8) is 0 Å². The van der Waals surface area contributed by atoms with Crippen LogP contribution < -0.4 is 10.4 Å². The zero-order valence-corrected chi connectivity index (χ0v) is 10.2. The Kier molecular flexibility index (Phi) is 2.82. The van der Waals surface area contributed by atoms with Gasteiger partial charge in [0.15, 0.2) is 0 Å². The van der Waals surface area contributed by atoms with Crippen molar-refractivity contribution in [2.24, 2.45) is 0 Å². The van der Waals surface area contributed by atoms with Crippen LogP contribution in [-0.2, 0) is 0 Å². The first-order valence-electron chi connectivity index (χ1n) is 5.31. The molecule has 1 heterocycles. The van der Waals surface area contributed by atoms with Crippen LogP contribution in [-0.4, -0.2) is 18.2 Å². The first-order valence-corrected chi connectivity index (χ1v) is 5.31. The van der Waals surface area contributed by atoms with Crippen LogP contribution in [0.5, 0.6) is 5.75 Å². The highest BCUT2D eigenvalue weighted by Gasteiger charge is 2.18. The fourth-order valence-corrected chi connectivity index (χ4v) is 1.98. The molecule has 0 fully saturated rings. The first kappa shape index (κ1) is 12.2. The van der Waals surface area contributed by atoms with Crippen LogP contribution in [0.2, 0.25) is 0 Å².